The highest BCUT2D eigenvalue weighted by atomic mass is 19.1. The molecule has 1 aromatic carbocycles. The van der Waals surface area contributed by atoms with Crippen molar-refractivity contribution < 1.29 is 13.6 Å². The molecule has 112 valence electrons. The molecular formula is C14H21F2N3O. The van der Waals surface area contributed by atoms with E-state index in [1.54, 1.807) is 0 Å². The van der Waals surface area contributed by atoms with E-state index in [1.165, 1.54) is 13.8 Å². The van der Waals surface area contributed by atoms with Crippen molar-refractivity contribution in [1.29, 1.82) is 0 Å². The molecule has 0 radical (unpaired) electrons. The number of nitrogens with two attached hydrogens (primary N) is 2. The van der Waals surface area contributed by atoms with Crippen LogP contribution < -0.4 is 11.5 Å². The van der Waals surface area contributed by atoms with Crippen molar-refractivity contribution in [1.82, 2.24) is 4.90 Å². The Morgan fingerprint density at radius 1 is 1.20 bits per heavy atom. The van der Waals surface area contributed by atoms with E-state index in [4.69, 9.17) is 11.5 Å². The van der Waals surface area contributed by atoms with Gasteiger partial charge in [0, 0.05) is 12.6 Å². The molecule has 0 bridgehead atoms. The summed E-state index contributed by atoms with van der Waals surface area (Å²) < 4.78 is 28.2. The normalized spacial score (nSPS) is 12.8. The molecule has 0 aliphatic carbocycles. The number of rotatable bonds is 5. The predicted molar refractivity (Wildman–Crippen MR) is 74.6 cm³/mol. The number of carbonyl (C=O) groups is 1. The Bertz CT molecular complexity index is 501. The van der Waals surface area contributed by atoms with Gasteiger partial charge in [0.05, 0.1) is 0 Å². The number of hydrogen-bond acceptors (Lipinski definition) is 3. The van der Waals surface area contributed by atoms with Crippen molar-refractivity contribution in [2.75, 3.05) is 20.6 Å². The first-order valence-electron chi connectivity index (χ1n) is 6.35. The van der Waals surface area contributed by atoms with E-state index in [-0.39, 0.29) is 17.2 Å². The van der Waals surface area contributed by atoms with Crippen LogP contribution in [0.2, 0.25) is 0 Å². The quantitative estimate of drug-likeness (QED) is 0.851. The summed E-state index contributed by atoms with van der Waals surface area (Å²) in [5.41, 5.74) is 11.1. The summed E-state index contributed by atoms with van der Waals surface area (Å²) in [5, 5.41) is 0. The standard InChI is InChI=1S/C14H21F2N3O/c1-7-10(5-9(6-17)19(3)4)8(2)13(16)11(12(7)15)14(18)20/h9H,5-6,17H2,1-4H3,(H2,18,20)/t9-/m0/s1. The molecule has 0 saturated heterocycles. The van der Waals surface area contributed by atoms with E-state index in [0.29, 0.717) is 18.5 Å². The van der Waals surface area contributed by atoms with Gasteiger partial charge >= 0.3 is 0 Å². The first-order valence-corrected chi connectivity index (χ1v) is 6.35. The number of hydrogen-bond donors (Lipinski definition) is 2. The molecule has 0 aliphatic rings. The molecule has 1 aromatic rings. The zero-order valence-corrected chi connectivity index (χ0v) is 12.3. The van der Waals surface area contributed by atoms with Crippen molar-refractivity contribution in [3.05, 3.63) is 33.9 Å². The van der Waals surface area contributed by atoms with Gasteiger partial charge in [-0.25, -0.2) is 8.78 Å². The van der Waals surface area contributed by atoms with Crippen LogP contribution in [0.4, 0.5) is 8.78 Å². The lowest BCUT2D eigenvalue weighted by molar-refractivity contribution is 0.0992. The van der Waals surface area contributed by atoms with Gasteiger partial charge in [0.25, 0.3) is 5.91 Å². The van der Waals surface area contributed by atoms with Crippen LogP contribution in [0, 0.1) is 25.5 Å². The van der Waals surface area contributed by atoms with Gasteiger partial charge in [-0.15, -0.1) is 0 Å². The molecule has 0 heterocycles. The molecule has 0 fully saturated rings. The Morgan fingerprint density at radius 3 is 1.95 bits per heavy atom. The van der Waals surface area contributed by atoms with Gasteiger partial charge in [-0.2, -0.15) is 0 Å². The maximum Gasteiger partial charge on any atom is 0.254 e. The Hall–Kier alpha value is -1.53. The number of halogens is 2. The summed E-state index contributed by atoms with van der Waals surface area (Å²) in [7, 11) is 3.71. The molecule has 6 heteroatoms. The van der Waals surface area contributed by atoms with Crippen LogP contribution in [0.1, 0.15) is 27.0 Å². The van der Waals surface area contributed by atoms with Gasteiger partial charge in [0.1, 0.15) is 17.2 Å². The first-order chi connectivity index (χ1) is 9.22. The lowest BCUT2D eigenvalue weighted by Gasteiger charge is -2.25. The van der Waals surface area contributed by atoms with E-state index < -0.39 is 23.1 Å². The monoisotopic (exact) mass is 285 g/mol. The fourth-order valence-electron chi connectivity index (χ4n) is 2.25. The SMILES string of the molecule is Cc1c(F)c(C(N)=O)c(F)c(C)c1C[C@@H](CN)N(C)C. The summed E-state index contributed by atoms with van der Waals surface area (Å²) >= 11 is 0. The summed E-state index contributed by atoms with van der Waals surface area (Å²) in [5.74, 6) is -2.86. The zero-order valence-electron chi connectivity index (χ0n) is 12.3. The lowest BCUT2D eigenvalue weighted by atomic mass is 9.92. The average molecular weight is 285 g/mol. The number of amides is 1. The third kappa shape index (κ3) is 2.96. The molecular weight excluding hydrogens is 264 g/mol. The molecule has 1 amide bonds. The van der Waals surface area contributed by atoms with E-state index in [2.05, 4.69) is 0 Å². The minimum absolute atomic E-state index is 0.0365. The smallest absolute Gasteiger partial charge is 0.254 e. The van der Waals surface area contributed by atoms with Gasteiger partial charge in [-0.1, -0.05) is 0 Å². The number of likely N-dealkylation sites (N-methyl/N-ethyl adjacent to an activating group) is 1. The van der Waals surface area contributed by atoms with E-state index in [0.717, 1.165) is 0 Å². The van der Waals surface area contributed by atoms with Crippen LogP contribution in [0.5, 0.6) is 0 Å². The van der Waals surface area contributed by atoms with Crippen molar-refractivity contribution in [3.63, 3.8) is 0 Å². The number of benzene rings is 1. The van der Waals surface area contributed by atoms with E-state index in [9.17, 15) is 13.6 Å². The van der Waals surface area contributed by atoms with Gasteiger partial charge in [0.15, 0.2) is 0 Å². The third-order valence-electron chi connectivity index (χ3n) is 3.69. The van der Waals surface area contributed by atoms with Crippen LogP contribution in [0.3, 0.4) is 0 Å². The van der Waals surface area contributed by atoms with Crippen LogP contribution >= 0.6 is 0 Å². The maximum atomic E-state index is 14.1. The Kier molecular flexibility index (Phi) is 5.19. The minimum Gasteiger partial charge on any atom is -0.365 e. The highest BCUT2D eigenvalue weighted by Gasteiger charge is 2.24. The van der Waals surface area contributed by atoms with Crippen LogP contribution in [0.15, 0.2) is 0 Å². The van der Waals surface area contributed by atoms with Crippen LogP contribution in [-0.4, -0.2) is 37.5 Å². The number of carbonyl (C=O) groups excluding carboxylic acids is 1. The molecule has 4 nitrogen and oxygen atoms in total. The number of nitrogens with zero attached hydrogens (tertiary/aromatic N) is 1. The third-order valence-corrected chi connectivity index (χ3v) is 3.69. The molecule has 0 spiro atoms. The topological polar surface area (TPSA) is 72.3 Å². The zero-order chi connectivity index (χ0) is 15.6. The molecule has 0 aromatic heterocycles. The molecule has 20 heavy (non-hydrogen) atoms. The molecule has 4 N–H and O–H groups in total. The van der Waals surface area contributed by atoms with Gasteiger partial charge in [-0.05, 0) is 51.1 Å². The van der Waals surface area contributed by atoms with Gasteiger partial charge < -0.3 is 16.4 Å². The van der Waals surface area contributed by atoms with Gasteiger partial charge in [0.2, 0.25) is 0 Å². The number of primary amides is 1. The average Bonchev–Trinajstić information content (AvgIpc) is 2.36. The van der Waals surface area contributed by atoms with E-state index in [1.807, 2.05) is 19.0 Å². The van der Waals surface area contributed by atoms with Gasteiger partial charge in [-0.3, -0.25) is 4.79 Å². The van der Waals surface area contributed by atoms with Crippen molar-refractivity contribution in [2.45, 2.75) is 26.3 Å². The predicted octanol–water partition coefficient (Wildman–Crippen LogP) is 1.11. The Balaban J connectivity index is 3.40. The lowest BCUT2D eigenvalue weighted by Crippen LogP contribution is -2.37. The first kappa shape index (κ1) is 16.5. The van der Waals surface area contributed by atoms with Crippen molar-refractivity contribution in [2.24, 2.45) is 11.5 Å². The molecule has 0 aliphatic heterocycles. The maximum absolute atomic E-state index is 14.1. The van der Waals surface area contributed by atoms with Crippen LogP contribution in [-0.2, 0) is 6.42 Å². The second kappa shape index (κ2) is 6.28. The minimum atomic E-state index is -1.10. The van der Waals surface area contributed by atoms with Crippen molar-refractivity contribution >= 4 is 5.91 Å². The fraction of sp³-hybridized carbons (Fsp3) is 0.500. The van der Waals surface area contributed by atoms with Crippen LogP contribution in [0.25, 0.3) is 0 Å². The summed E-state index contributed by atoms with van der Waals surface area (Å²) in [6, 6.07) is -0.0365. The summed E-state index contributed by atoms with van der Waals surface area (Å²) in [4.78, 5) is 13.1. The van der Waals surface area contributed by atoms with Crippen molar-refractivity contribution in [3.8, 4) is 0 Å². The highest BCUT2D eigenvalue weighted by Crippen LogP contribution is 2.26. The molecule has 1 rings (SSSR count). The Morgan fingerprint density at radius 2 is 1.65 bits per heavy atom. The summed E-state index contributed by atoms with van der Waals surface area (Å²) in [6.45, 7) is 3.41. The molecule has 1 atom stereocenters. The fourth-order valence-corrected chi connectivity index (χ4v) is 2.25. The Labute approximate surface area is 117 Å². The molecule has 0 saturated carbocycles. The largest absolute Gasteiger partial charge is 0.365 e. The second-order valence-corrected chi connectivity index (χ2v) is 5.15. The summed E-state index contributed by atoms with van der Waals surface area (Å²) in [6.07, 6.45) is 0.411. The van der Waals surface area contributed by atoms with E-state index >= 15 is 0 Å². The highest BCUT2D eigenvalue weighted by molar-refractivity contribution is 5.94. The second-order valence-electron chi connectivity index (χ2n) is 5.15. The molecule has 0 unspecified atom stereocenters.